The van der Waals surface area contributed by atoms with Crippen LogP contribution in [-0.4, -0.2) is 17.4 Å². The maximum atomic E-state index is 11.2. The second-order valence-corrected chi connectivity index (χ2v) is 5.40. The van der Waals surface area contributed by atoms with Crippen molar-refractivity contribution in [3.63, 3.8) is 0 Å². The van der Waals surface area contributed by atoms with Gasteiger partial charge in [-0.25, -0.2) is 0 Å². The van der Waals surface area contributed by atoms with Crippen LogP contribution in [0.15, 0.2) is 0 Å². The van der Waals surface area contributed by atoms with Crippen molar-refractivity contribution in [3.8, 4) is 0 Å². The Labute approximate surface area is 79.3 Å². The molecule has 0 bridgehead atoms. The number of hydrogen-bond donors (Lipinski definition) is 1. The highest BCUT2D eigenvalue weighted by molar-refractivity contribution is 7.99. The van der Waals surface area contributed by atoms with Gasteiger partial charge in [0.15, 0.2) is 0 Å². The third-order valence-corrected chi connectivity index (χ3v) is 3.10. The Morgan fingerprint density at radius 2 is 1.83 bits per heavy atom. The molecule has 2 N–H and O–H groups in total. The second-order valence-electron chi connectivity index (χ2n) is 4.19. The Morgan fingerprint density at radius 1 is 1.42 bits per heavy atom. The van der Waals surface area contributed by atoms with Gasteiger partial charge in [-0.3, -0.25) is 4.79 Å². The number of nitrogens with two attached hydrogens (primary N) is 1. The molecule has 0 radical (unpaired) electrons. The summed E-state index contributed by atoms with van der Waals surface area (Å²) in [5.74, 6) is -0.239. The van der Waals surface area contributed by atoms with Crippen molar-refractivity contribution in [2.24, 2.45) is 17.1 Å². The number of primary amides is 1. The maximum Gasteiger partial charge on any atom is 0.222 e. The van der Waals surface area contributed by atoms with E-state index in [2.05, 4.69) is 20.8 Å². The van der Waals surface area contributed by atoms with Gasteiger partial charge in [0.2, 0.25) is 5.91 Å². The SMILES string of the molecule is CSC(C)C(C(N)=O)C(C)(C)C. The van der Waals surface area contributed by atoms with Crippen LogP contribution in [0.25, 0.3) is 0 Å². The van der Waals surface area contributed by atoms with Gasteiger partial charge in [0.05, 0.1) is 5.92 Å². The van der Waals surface area contributed by atoms with Crippen LogP contribution in [-0.2, 0) is 4.79 Å². The Bertz CT molecular complexity index is 162. The molecule has 2 atom stereocenters. The largest absolute Gasteiger partial charge is 0.369 e. The average Bonchev–Trinajstić information content (AvgIpc) is 1.83. The first-order chi connectivity index (χ1) is 5.30. The zero-order valence-corrected chi connectivity index (χ0v) is 9.37. The van der Waals surface area contributed by atoms with Crippen LogP contribution in [0, 0.1) is 11.3 Å². The van der Waals surface area contributed by atoms with Gasteiger partial charge in [-0.2, -0.15) is 11.8 Å². The summed E-state index contributed by atoms with van der Waals surface area (Å²) in [6.07, 6.45) is 2.01. The van der Waals surface area contributed by atoms with Crippen molar-refractivity contribution in [1.29, 1.82) is 0 Å². The summed E-state index contributed by atoms with van der Waals surface area (Å²) in [6.45, 7) is 8.20. The number of thioether (sulfide) groups is 1. The van der Waals surface area contributed by atoms with Gasteiger partial charge in [0.1, 0.15) is 0 Å². The van der Waals surface area contributed by atoms with Crippen LogP contribution in [0.4, 0.5) is 0 Å². The van der Waals surface area contributed by atoms with Crippen LogP contribution in [0.3, 0.4) is 0 Å². The Hall–Kier alpha value is -0.180. The van der Waals surface area contributed by atoms with Gasteiger partial charge in [0.25, 0.3) is 0 Å². The first-order valence-electron chi connectivity index (χ1n) is 4.12. The lowest BCUT2D eigenvalue weighted by atomic mass is 9.78. The molecule has 2 unspecified atom stereocenters. The average molecular weight is 189 g/mol. The minimum atomic E-state index is -0.190. The predicted octanol–water partition coefficient (Wildman–Crippen LogP) is 1.89. The van der Waals surface area contributed by atoms with Crippen molar-refractivity contribution in [2.75, 3.05) is 6.26 Å². The molecule has 12 heavy (non-hydrogen) atoms. The van der Waals surface area contributed by atoms with E-state index >= 15 is 0 Å². The molecule has 0 aliphatic heterocycles. The van der Waals surface area contributed by atoms with Gasteiger partial charge in [-0.1, -0.05) is 27.7 Å². The molecule has 72 valence electrons. The van der Waals surface area contributed by atoms with Crippen molar-refractivity contribution in [1.82, 2.24) is 0 Å². The molecule has 0 fully saturated rings. The van der Waals surface area contributed by atoms with Gasteiger partial charge in [0, 0.05) is 5.25 Å². The highest BCUT2D eigenvalue weighted by Crippen LogP contribution is 2.33. The summed E-state index contributed by atoms with van der Waals surface area (Å²) in [5, 5.41) is 0.294. The van der Waals surface area contributed by atoms with Crippen molar-refractivity contribution >= 4 is 17.7 Å². The molecule has 0 aliphatic carbocycles. The highest BCUT2D eigenvalue weighted by atomic mass is 32.2. The summed E-state index contributed by atoms with van der Waals surface area (Å²) < 4.78 is 0. The molecule has 0 saturated heterocycles. The van der Waals surface area contributed by atoms with Crippen LogP contribution in [0.2, 0.25) is 0 Å². The first-order valence-corrected chi connectivity index (χ1v) is 5.41. The molecule has 0 aliphatic rings. The van der Waals surface area contributed by atoms with E-state index in [-0.39, 0.29) is 17.2 Å². The van der Waals surface area contributed by atoms with Crippen LogP contribution >= 0.6 is 11.8 Å². The minimum absolute atomic E-state index is 0.0335. The Morgan fingerprint density at radius 3 is 1.92 bits per heavy atom. The van der Waals surface area contributed by atoms with Crippen LogP contribution in [0.5, 0.6) is 0 Å². The van der Waals surface area contributed by atoms with Crippen LogP contribution in [0.1, 0.15) is 27.7 Å². The van der Waals surface area contributed by atoms with Crippen molar-refractivity contribution in [2.45, 2.75) is 32.9 Å². The zero-order valence-electron chi connectivity index (χ0n) is 8.55. The van der Waals surface area contributed by atoms with E-state index in [0.717, 1.165) is 0 Å². The molecule has 0 aromatic carbocycles. The maximum absolute atomic E-state index is 11.2. The molecule has 0 rings (SSSR count). The molecule has 3 heteroatoms. The molecule has 1 amide bonds. The number of amides is 1. The van der Waals surface area contributed by atoms with Gasteiger partial charge < -0.3 is 5.73 Å². The molecule has 0 aromatic rings. The lowest BCUT2D eigenvalue weighted by molar-refractivity contribution is -0.124. The highest BCUT2D eigenvalue weighted by Gasteiger charge is 2.33. The summed E-state index contributed by atoms with van der Waals surface area (Å²) in [5.41, 5.74) is 5.31. The number of carbonyl (C=O) groups excluding carboxylic acids is 1. The van der Waals surface area contributed by atoms with E-state index in [0.29, 0.717) is 5.25 Å². The number of hydrogen-bond acceptors (Lipinski definition) is 2. The third kappa shape index (κ3) is 3.05. The fourth-order valence-electron chi connectivity index (χ4n) is 1.50. The minimum Gasteiger partial charge on any atom is -0.369 e. The van der Waals surface area contributed by atoms with E-state index in [1.165, 1.54) is 0 Å². The quantitative estimate of drug-likeness (QED) is 0.736. The molecular formula is C9H19NOS. The fraction of sp³-hybridized carbons (Fsp3) is 0.889. The second kappa shape index (κ2) is 4.17. The lowest BCUT2D eigenvalue weighted by Crippen LogP contribution is -2.39. The van der Waals surface area contributed by atoms with E-state index in [1.54, 1.807) is 11.8 Å². The molecule has 0 aromatic heterocycles. The van der Waals surface area contributed by atoms with Crippen molar-refractivity contribution in [3.05, 3.63) is 0 Å². The monoisotopic (exact) mass is 189 g/mol. The van der Waals surface area contributed by atoms with Crippen LogP contribution < -0.4 is 5.73 Å². The predicted molar refractivity (Wildman–Crippen MR) is 55.1 cm³/mol. The van der Waals surface area contributed by atoms with Gasteiger partial charge in [-0.15, -0.1) is 0 Å². The van der Waals surface area contributed by atoms with Crippen molar-refractivity contribution < 1.29 is 4.79 Å². The standard InChI is InChI=1S/C9H19NOS/c1-6(12-5)7(8(10)11)9(2,3)4/h6-7H,1-5H3,(H2,10,11). The number of rotatable bonds is 3. The van der Waals surface area contributed by atoms with E-state index < -0.39 is 0 Å². The summed E-state index contributed by atoms with van der Waals surface area (Å²) in [4.78, 5) is 11.2. The molecule has 2 nitrogen and oxygen atoms in total. The Balaban J connectivity index is 4.56. The van der Waals surface area contributed by atoms with E-state index in [9.17, 15) is 4.79 Å². The zero-order chi connectivity index (χ0) is 9.94. The third-order valence-electron chi connectivity index (χ3n) is 2.08. The summed E-state index contributed by atoms with van der Waals surface area (Å²) in [7, 11) is 0. The molecule has 0 heterocycles. The molecular weight excluding hydrogens is 170 g/mol. The van der Waals surface area contributed by atoms with E-state index in [4.69, 9.17) is 5.73 Å². The smallest absolute Gasteiger partial charge is 0.222 e. The Kier molecular flexibility index (Phi) is 4.11. The summed E-state index contributed by atoms with van der Waals surface area (Å²) in [6, 6.07) is 0. The lowest BCUT2D eigenvalue weighted by Gasteiger charge is -2.31. The molecule has 0 spiro atoms. The topological polar surface area (TPSA) is 43.1 Å². The normalized spacial score (nSPS) is 17.1. The van der Waals surface area contributed by atoms with Gasteiger partial charge in [-0.05, 0) is 11.7 Å². The number of carbonyl (C=O) groups is 1. The van der Waals surface area contributed by atoms with E-state index in [1.807, 2.05) is 13.2 Å². The van der Waals surface area contributed by atoms with Gasteiger partial charge >= 0.3 is 0 Å². The fourth-order valence-corrected chi connectivity index (χ4v) is 2.31. The summed E-state index contributed by atoms with van der Waals surface area (Å²) >= 11 is 1.69. The molecule has 0 saturated carbocycles. The first kappa shape index (κ1) is 11.8.